The van der Waals surface area contributed by atoms with Crippen molar-refractivity contribution in [2.45, 2.75) is 6.92 Å². The predicted molar refractivity (Wildman–Crippen MR) is 85.0 cm³/mol. The molecule has 0 amide bonds. The zero-order chi connectivity index (χ0) is 17.9. The van der Waals surface area contributed by atoms with Crippen LogP contribution < -0.4 is 0 Å². The topological polar surface area (TPSA) is 93.1 Å². The monoisotopic (exact) mass is 328 g/mol. The zero-order valence-electron chi connectivity index (χ0n) is 14.1. The first-order chi connectivity index (χ1) is 10.7. The summed E-state index contributed by atoms with van der Waals surface area (Å²) in [5, 5.41) is 17.6. The molecule has 0 aromatic heterocycles. The average molecular weight is 328 g/mol. The molecule has 2 N–H and O–H groups in total. The predicted octanol–water partition coefficient (Wildman–Crippen LogP) is 0.797. The lowest BCUT2D eigenvalue weighted by Crippen LogP contribution is -2.37. The van der Waals surface area contributed by atoms with Gasteiger partial charge in [-0.3, -0.25) is 4.79 Å². The minimum atomic E-state index is -0.632. The van der Waals surface area contributed by atoms with Crippen molar-refractivity contribution in [2.75, 3.05) is 47.5 Å². The Hall–Kier alpha value is -2.12. The Kier molecular flexibility index (Phi) is 9.60. The summed E-state index contributed by atoms with van der Waals surface area (Å²) in [5.41, 5.74) is 0.107. The van der Waals surface area contributed by atoms with E-state index >= 15 is 0 Å². The van der Waals surface area contributed by atoms with Gasteiger partial charge in [-0.15, -0.1) is 0 Å². The summed E-state index contributed by atoms with van der Waals surface area (Å²) in [6.45, 7) is 2.51. The maximum Gasteiger partial charge on any atom is 0.341 e. The van der Waals surface area contributed by atoms with E-state index in [0.717, 1.165) is 11.0 Å². The van der Waals surface area contributed by atoms with Crippen LogP contribution in [0.25, 0.3) is 0 Å². The van der Waals surface area contributed by atoms with Gasteiger partial charge in [-0.2, -0.15) is 0 Å². The fourth-order valence-corrected chi connectivity index (χ4v) is 1.33. The first-order valence-corrected chi connectivity index (χ1v) is 7.17. The first kappa shape index (κ1) is 20.9. The lowest BCUT2D eigenvalue weighted by atomic mass is 10.2. The summed E-state index contributed by atoms with van der Waals surface area (Å²) in [4.78, 5) is 21.4. The van der Waals surface area contributed by atoms with E-state index in [2.05, 4.69) is 25.9 Å². The molecule has 0 unspecified atom stereocenters. The van der Waals surface area contributed by atoms with E-state index in [1.165, 1.54) is 19.1 Å². The molecule has 0 atom stereocenters. The van der Waals surface area contributed by atoms with Crippen LogP contribution in [0.3, 0.4) is 0 Å². The van der Waals surface area contributed by atoms with Crippen molar-refractivity contribution in [1.82, 2.24) is 0 Å². The number of carbonyl (C=O) groups excluding carboxylic acids is 2. The van der Waals surface area contributed by atoms with E-state index in [4.69, 9.17) is 9.84 Å². The standard InChI is InChI=1S/C9H10O4.C7H16NO2/c10-5-6-13-9(12)7-3-1-2-4-8(7)11;1-7(9)10-6-5-8(2,3)4/h1-4,10-11H,5-6H2;5-6H2,1-4H3/q;+1. The Bertz CT molecular complexity index is 496. The van der Waals surface area contributed by atoms with Gasteiger partial charge in [0.25, 0.3) is 0 Å². The molecule has 0 saturated carbocycles. The highest BCUT2D eigenvalue weighted by atomic mass is 16.5. The molecule has 0 aliphatic rings. The van der Waals surface area contributed by atoms with Crippen molar-refractivity contribution in [3.05, 3.63) is 29.8 Å². The van der Waals surface area contributed by atoms with Crippen LogP contribution in [0.15, 0.2) is 24.3 Å². The number of phenols is 1. The van der Waals surface area contributed by atoms with Gasteiger partial charge in [0.1, 0.15) is 31.1 Å². The number of hydrogen-bond acceptors (Lipinski definition) is 6. The molecule has 7 nitrogen and oxygen atoms in total. The summed E-state index contributed by atoms with van der Waals surface area (Å²) in [6, 6.07) is 6.08. The van der Waals surface area contributed by atoms with Crippen molar-refractivity contribution >= 4 is 11.9 Å². The number of aliphatic hydroxyl groups is 1. The van der Waals surface area contributed by atoms with Crippen LogP contribution in [0, 0.1) is 0 Å². The highest BCUT2D eigenvalue weighted by Crippen LogP contribution is 2.16. The Morgan fingerprint density at radius 1 is 1.09 bits per heavy atom. The number of rotatable bonds is 6. The van der Waals surface area contributed by atoms with Gasteiger partial charge in [0, 0.05) is 6.92 Å². The third-order valence-electron chi connectivity index (χ3n) is 2.52. The molecule has 23 heavy (non-hydrogen) atoms. The van der Waals surface area contributed by atoms with Gasteiger partial charge in [0.2, 0.25) is 0 Å². The summed E-state index contributed by atoms with van der Waals surface area (Å²) < 4.78 is 10.2. The maximum atomic E-state index is 11.1. The molecular formula is C16H26NO6+. The van der Waals surface area contributed by atoms with Gasteiger partial charge in [-0.05, 0) is 12.1 Å². The fourth-order valence-electron chi connectivity index (χ4n) is 1.33. The van der Waals surface area contributed by atoms with Crippen molar-refractivity contribution in [1.29, 1.82) is 0 Å². The van der Waals surface area contributed by atoms with Gasteiger partial charge >= 0.3 is 11.9 Å². The second-order valence-corrected chi connectivity index (χ2v) is 5.73. The molecule has 0 fully saturated rings. The van der Waals surface area contributed by atoms with E-state index in [1.54, 1.807) is 12.1 Å². The van der Waals surface area contributed by atoms with Gasteiger partial charge in [0.15, 0.2) is 0 Å². The van der Waals surface area contributed by atoms with Crippen LogP contribution in [0.4, 0.5) is 0 Å². The number of likely N-dealkylation sites (N-methyl/N-ethyl adjacent to an activating group) is 1. The van der Waals surface area contributed by atoms with E-state index < -0.39 is 5.97 Å². The van der Waals surface area contributed by atoms with Gasteiger partial charge in [0.05, 0.1) is 27.7 Å². The first-order valence-electron chi connectivity index (χ1n) is 7.17. The molecule has 0 aliphatic carbocycles. The van der Waals surface area contributed by atoms with Crippen LogP contribution in [-0.2, 0) is 14.3 Å². The van der Waals surface area contributed by atoms with Crippen molar-refractivity contribution < 1.29 is 33.8 Å². The summed E-state index contributed by atoms with van der Waals surface area (Å²) in [5.74, 6) is -0.953. The third kappa shape index (κ3) is 11.1. The van der Waals surface area contributed by atoms with Crippen LogP contribution in [0.5, 0.6) is 5.75 Å². The highest BCUT2D eigenvalue weighted by Gasteiger charge is 2.10. The molecule has 0 radical (unpaired) electrons. The van der Waals surface area contributed by atoms with Crippen LogP contribution in [0.2, 0.25) is 0 Å². The summed E-state index contributed by atoms with van der Waals surface area (Å²) in [6.07, 6.45) is 0. The minimum absolute atomic E-state index is 0.0623. The van der Waals surface area contributed by atoms with Gasteiger partial charge in [-0.25, -0.2) is 4.79 Å². The molecule has 1 aromatic carbocycles. The number of phenolic OH excluding ortho intramolecular Hbond substituents is 1. The second kappa shape index (κ2) is 10.6. The van der Waals surface area contributed by atoms with Crippen LogP contribution in [-0.4, -0.2) is 74.1 Å². The molecule has 0 spiro atoms. The fraction of sp³-hybridized carbons (Fsp3) is 0.500. The number of aromatic hydroxyl groups is 1. The Balaban J connectivity index is 0.000000438. The van der Waals surface area contributed by atoms with E-state index in [-0.39, 0.29) is 30.5 Å². The molecule has 130 valence electrons. The van der Waals surface area contributed by atoms with E-state index in [1.807, 2.05) is 0 Å². The van der Waals surface area contributed by atoms with Gasteiger partial charge in [-0.1, -0.05) is 12.1 Å². The molecule has 1 aromatic rings. The number of carbonyl (C=O) groups is 2. The molecule has 1 rings (SSSR count). The quantitative estimate of drug-likeness (QED) is 0.593. The van der Waals surface area contributed by atoms with Crippen molar-refractivity contribution in [3.63, 3.8) is 0 Å². The summed E-state index contributed by atoms with van der Waals surface area (Å²) in [7, 11) is 6.18. The van der Waals surface area contributed by atoms with Crippen LogP contribution in [0.1, 0.15) is 17.3 Å². The molecule has 7 heteroatoms. The molecular weight excluding hydrogens is 302 g/mol. The lowest BCUT2D eigenvalue weighted by Gasteiger charge is -2.23. The van der Waals surface area contributed by atoms with E-state index in [0.29, 0.717) is 6.61 Å². The number of aliphatic hydroxyl groups excluding tert-OH is 1. The zero-order valence-corrected chi connectivity index (χ0v) is 14.1. The normalized spacial score (nSPS) is 10.3. The number of hydrogen-bond donors (Lipinski definition) is 2. The number of benzene rings is 1. The SMILES string of the molecule is CC(=O)OCC[N+](C)(C)C.O=C(OCCO)c1ccccc1O. The molecule has 0 aliphatic heterocycles. The van der Waals surface area contributed by atoms with Crippen molar-refractivity contribution in [3.8, 4) is 5.75 Å². The average Bonchev–Trinajstić information content (AvgIpc) is 2.44. The number of ether oxygens (including phenoxy) is 2. The molecule has 0 bridgehead atoms. The third-order valence-corrected chi connectivity index (χ3v) is 2.52. The largest absolute Gasteiger partial charge is 0.507 e. The van der Waals surface area contributed by atoms with Crippen LogP contribution >= 0.6 is 0 Å². The second-order valence-electron chi connectivity index (χ2n) is 5.73. The minimum Gasteiger partial charge on any atom is -0.507 e. The lowest BCUT2D eigenvalue weighted by molar-refractivity contribution is -0.870. The summed E-state index contributed by atoms with van der Waals surface area (Å²) >= 11 is 0. The number of quaternary nitrogens is 1. The van der Waals surface area contributed by atoms with E-state index in [9.17, 15) is 14.7 Å². The Labute approximate surface area is 136 Å². The highest BCUT2D eigenvalue weighted by molar-refractivity contribution is 5.92. The smallest absolute Gasteiger partial charge is 0.341 e. The molecule has 0 saturated heterocycles. The molecule has 0 heterocycles. The number of esters is 2. The Morgan fingerprint density at radius 2 is 1.70 bits per heavy atom. The number of nitrogens with zero attached hydrogens (tertiary/aromatic N) is 1. The Morgan fingerprint density at radius 3 is 2.17 bits per heavy atom. The van der Waals surface area contributed by atoms with Crippen molar-refractivity contribution in [2.24, 2.45) is 0 Å². The van der Waals surface area contributed by atoms with Gasteiger partial charge < -0.3 is 24.2 Å². The maximum absolute atomic E-state index is 11.1. The number of para-hydroxylation sites is 1.